The minimum atomic E-state index is 0.713. The van der Waals surface area contributed by atoms with Crippen molar-refractivity contribution in [1.82, 2.24) is 20.7 Å². The quantitative estimate of drug-likeness (QED) is 0.558. The first-order valence-electron chi connectivity index (χ1n) is 9.84. The van der Waals surface area contributed by atoms with Gasteiger partial charge in [-0.3, -0.25) is 4.99 Å². The highest BCUT2D eigenvalue weighted by atomic mass is 16.5. The van der Waals surface area contributed by atoms with Crippen molar-refractivity contribution in [3.05, 3.63) is 17.0 Å². The van der Waals surface area contributed by atoms with Crippen molar-refractivity contribution in [2.24, 2.45) is 10.9 Å². The van der Waals surface area contributed by atoms with Gasteiger partial charge in [-0.25, -0.2) is 0 Å². The van der Waals surface area contributed by atoms with Gasteiger partial charge in [-0.05, 0) is 51.2 Å². The second-order valence-electron chi connectivity index (χ2n) is 6.76. The molecule has 0 unspecified atom stereocenters. The molecule has 2 N–H and O–H groups in total. The van der Waals surface area contributed by atoms with Gasteiger partial charge in [0.25, 0.3) is 0 Å². The predicted molar refractivity (Wildman–Crippen MR) is 103 cm³/mol. The summed E-state index contributed by atoms with van der Waals surface area (Å²) in [7, 11) is 1.82. The van der Waals surface area contributed by atoms with E-state index in [1.165, 1.54) is 44.5 Å². The average molecular weight is 350 g/mol. The minimum absolute atomic E-state index is 0.713. The molecule has 6 heteroatoms. The van der Waals surface area contributed by atoms with E-state index >= 15 is 0 Å². The summed E-state index contributed by atoms with van der Waals surface area (Å²) >= 11 is 0. The Morgan fingerprint density at radius 2 is 1.96 bits per heavy atom. The lowest BCUT2D eigenvalue weighted by Crippen LogP contribution is -2.39. The lowest BCUT2D eigenvalue weighted by molar-refractivity contribution is 0.187. The highest BCUT2D eigenvalue weighted by molar-refractivity contribution is 5.79. The smallest absolute Gasteiger partial charge is 0.191 e. The first-order valence-corrected chi connectivity index (χ1v) is 9.84. The molecule has 1 saturated heterocycles. The van der Waals surface area contributed by atoms with E-state index in [4.69, 9.17) is 4.52 Å². The minimum Gasteiger partial charge on any atom is -0.361 e. The number of likely N-dealkylation sites (tertiary alicyclic amines) is 1. The Bertz CT molecular complexity index is 510. The molecular weight excluding hydrogens is 314 g/mol. The summed E-state index contributed by atoms with van der Waals surface area (Å²) in [6, 6.07) is 0. The van der Waals surface area contributed by atoms with Crippen LogP contribution in [-0.4, -0.2) is 49.2 Å². The highest BCUT2D eigenvalue weighted by Crippen LogP contribution is 2.19. The molecule has 0 saturated carbocycles. The Balaban J connectivity index is 1.73. The first kappa shape index (κ1) is 19.8. The molecule has 0 aromatic carbocycles. The molecule has 1 aromatic rings. The molecule has 1 aromatic heterocycles. The lowest BCUT2D eigenvalue weighted by atomic mass is 9.93. The van der Waals surface area contributed by atoms with E-state index in [0.29, 0.717) is 6.54 Å². The molecule has 1 aliphatic heterocycles. The molecule has 0 atom stereocenters. The van der Waals surface area contributed by atoms with Crippen LogP contribution in [-0.2, 0) is 19.4 Å². The molecule has 2 rings (SSSR count). The number of hydrogen-bond acceptors (Lipinski definition) is 4. The third-order valence-corrected chi connectivity index (χ3v) is 5.26. The Hall–Kier alpha value is -1.56. The van der Waals surface area contributed by atoms with Gasteiger partial charge in [-0.15, -0.1) is 0 Å². The molecule has 6 nitrogen and oxygen atoms in total. The summed E-state index contributed by atoms with van der Waals surface area (Å²) in [6.07, 6.45) is 5.62. The molecule has 0 spiro atoms. The number of guanidine groups is 1. The molecule has 0 amide bonds. The van der Waals surface area contributed by atoms with Crippen molar-refractivity contribution in [2.75, 3.05) is 33.2 Å². The van der Waals surface area contributed by atoms with Gasteiger partial charge in [0, 0.05) is 32.1 Å². The van der Waals surface area contributed by atoms with Gasteiger partial charge in [0.2, 0.25) is 0 Å². The largest absolute Gasteiger partial charge is 0.361 e. The fourth-order valence-electron chi connectivity index (χ4n) is 3.52. The van der Waals surface area contributed by atoms with Crippen LogP contribution in [0.5, 0.6) is 0 Å². The van der Waals surface area contributed by atoms with Crippen molar-refractivity contribution in [3.63, 3.8) is 0 Å². The first-order chi connectivity index (χ1) is 12.2. The molecule has 1 fully saturated rings. The maximum atomic E-state index is 5.43. The van der Waals surface area contributed by atoms with E-state index in [-0.39, 0.29) is 0 Å². The number of hydrogen-bond donors (Lipinski definition) is 2. The SMILES string of the molecule is CCc1noc(CC)c1CNC(=NC)NCCC1CCN(CC)CC1. The van der Waals surface area contributed by atoms with Crippen LogP contribution >= 0.6 is 0 Å². The fourth-order valence-corrected chi connectivity index (χ4v) is 3.52. The molecule has 142 valence electrons. The average Bonchev–Trinajstić information content (AvgIpc) is 3.07. The normalized spacial score (nSPS) is 17.0. The van der Waals surface area contributed by atoms with Crippen molar-refractivity contribution in [1.29, 1.82) is 0 Å². The number of aryl methyl sites for hydroxylation is 2. The molecule has 0 radical (unpaired) electrons. The van der Waals surface area contributed by atoms with Gasteiger partial charge in [0.1, 0.15) is 5.76 Å². The van der Waals surface area contributed by atoms with E-state index in [1.807, 2.05) is 7.05 Å². The van der Waals surface area contributed by atoms with Crippen LogP contribution in [0.1, 0.15) is 57.1 Å². The molecule has 1 aliphatic rings. The van der Waals surface area contributed by atoms with Crippen LogP contribution in [0.4, 0.5) is 0 Å². The van der Waals surface area contributed by atoms with Crippen molar-refractivity contribution in [2.45, 2.75) is 59.4 Å². The van der Waals surface area contributed by atoms with Gasteiger partial charge in [-0.2, -0.15) is 0 Å². The summed E-state index contributed by atoms with van der Waals surface area (Å²) < 4.78 is 5.43. The standard InChI is InChI=1S/C19H35N5O/c1-5-17-16(18(6-2)25-23-17)14-22-19(20-4)21-11-8-15-9-12-24(7-3)13-10-15/h15H,5-14H2,1-4H3,(H2,20,21,22). The van der Waals surface area contributed by atoms with Crippen LogP contribution in [0.15, 0.2) is 9.52 Å². The number of aliphatic imine (C=N–C) groups is 1. The summed E-state index contributed by atoms with van der Waals surface area (Å²) in [5, 5.41) is 11.0. The van der Waals surface area contributed by atoms with E-state index in [1.54, 1.807) is 0 Å². The third-order valence-electron chi connectivity index (χ3n) is 5.26. The molecule has 25 heavy (non-hydrogen) atoms. The molecule has 2 heterocycles. The monoisotopic (exact) mass is 349 g/mol. The molecule has 0 aliphatic carbocycles. The van der Waals surface area contributed by atoms with Crippen LogP contribution in [0.3, 0.4) is 0 Å². The summed E-state index contributed by atoms with van der Waals surface area (Å²) in [4.78, 5) is 6.88. The van der Waals surface area contributed by atoms with Crippen molar-refractivity contribution < 1.29 is 4.52 Å². The third kappa shape index (κ3) is 5.73. The van der Waals surface area contributed by atoms with Gasteiger partial charge in [0.05, 0.1) is 5.69 Å². The van der Waals surface area contributed by atoms with Crippen LogP contribution < -0.4 is 10.6 Å². The van der Waals surface area contributed by atoms with Crippen LogP contribution in [0.25, 0.3) is 0 Å². The van der Waals surface area contributed by atoms with Gasteiger partial charge in [-0.1, -0.05) is 25.9 Å². The number of rotatable bonds is 8. The summed E-state index contributed by atoms with van der Waals surface area (Å²) in [5.41, 5.74) is 2.22. The predicted octanol–water partition coefficient (Wildman–Crippen LogP) is 2.59. The lowest BCUT2D eigenvalue weighted by Gasteiger charge is -2.31. The van der Waals surface area contributed by atoms with Crippen LogP contribution in [0.2, 0.25) is 0 Å². The maximum Gasteiger partial charge on any atom is 0.191 e. The van der Waals surface area contributed by atoms with Gasteiger partial charge < -0.3 is 20.1 Å². The highest BCUT2D eigenvalue weighted by Gasteiger charge is 2.18. The second kappa shape index (κ2) is 10.4. The number of piperidine rings is 1. The van der Waals surface area contributed by atoms with Crippen LogP contribution in [0, 0.1) is 5.92 Å². The number of nitrogens with zero attached hydrogens (tertiary/aromatic N) is 3. The Labute approximate surface area is 152 Å². The van der Waals surface area contributed by atoms with E-state index in [0.717, 1.165) is 42.7 Å². The Morgan fingerprint density at radius 1 is 1.20 bits per heavy atom. The van der Waals surface area contributed by atoms with E-state index in [9.17, 15) is 0 Å². The Kier molecular flexibility index (Phi) is 8.25. The zero-order valence-electron chi connectivity index (χ0n) is 16.4. The van der Waals surface area contributed by atoms with E-state index in [2.05, 4.69) is 46.5 Å². The summed E-state index contributed by atoms with van der Waals surface area (Å²) in [6.45, 7) is 11.8. The van der Waals surface area contributed by atoms with Gasteiger partial charge >= 0.3 is 0 Å². The maximum absolute atomic E-state index is 5.43. The topological polar surface area (TPSA) is 65.7 Å². The number of aromatic nitrogens is 1. The van der Waals surface area contributed by atoms with Crippen molar-refractivity contribution >= 4 is 5.96 Å². The molecule has 0 bridgehead atoms. The molecular formula is C19H35N5O. The second-order valence-corrected chi connectivity index (χ2v) is 6.76. The van der Waals surface area contributed by atoms with E-state index < -0.39 is 0 Å². The zero-order valence-corrected chi connectivity index (χ0v) is 16.4. The fraction of sp³-hybridized carbons (Fsp3) is 0.789. The summed E-state index contributed by atoms with van der Waals surface area (Å²) in [5.74, 6) is 2.67. The Morgan fingerprint density at radius 3 is 2.56 bits per heavy atom. The van der Waals surface area contributed by atoms with Crippen molar-refractivity contribution in [3.8, 4) is 0 Å². The van der Waals surface area contributed by atoms with Gasteiger partial charge in [0.15, 0.2) is 5.96 Å². The number of nitrogens with one attached hydrogen (secondary N) is 2. The zero-order chi connectivity index (χ0) is 18.1.